The summed E-state index contributed by atoms with van der Waals surface area (Å²) in [5.41, 5.74) is 2.82. The Balaban J connectivity index is 2.04. The molecule has 19 heavy (non-hydrogen) atoms. The second kappa shape index (κ2) is 4.55. The Labute approximate surface area is 113 Å². The molecule has 2 amide bonds. The number of hydrogen-bond donors (Lipinski definition) is 1. The zero-order chi connectivity index (χ0) is 13.4. The van der Waals surface area contributed by atoms with Crippen molar-refractivity contribution in [2.24, 2.45) is 0 Å². The van der Waals surface area contributed by atoms with Crippen LogP contribution in [0.2, 0.25) is 0 Å². The first-order valence-electron chi connectivity index (χ1n) is 5.87. The number of imidazole rings is 1. The van der Waals surface area contributed by atoms with Crippen molar-refractivity contribution >= 4 is 40.0 Å². The maximum Gasteiger partial charge on any atom is 0.290 e. The first-order chi connectivity index (χ1) is 9.17. The molecule has 0 bridgehead atoms. The average Bonchev–Trinajstić information content (AvgIpc) is 2.93. The van der Waals surface area contributed by atoms with Crippen molar-refractivity contribution in [1.29, 1.82) is 0 Å². The van der Waals surface area contributed by atoms with Crippen molar-refractivity contribution < 1.29 is 9.59 Å². The van der Waals surface area contributed by atoms with Crippen LogP contribution in [0, 0.1) is 0 Å². The third kappa shape index (κ3) is 2.15. The van der Waals surface area contributed by atoms with Gasteiger partial charge in [-0.05, 0) is 42.5 Å². The number of thioether (sulfide) groups is 1. The smallest absolute Gasteiger partial charge is 0.290 e. The predicted octanol–water partition coefficient (Wildman–Crippen LogP) is 2.38. The summed E-state index contributed by atoms with van der Waals surface area (Å²) in [6.45, 7) is 2.88. The maximum atomic E-state index is 11.5. The Morgan fingerprint density at radius 1 is 1.42 bits per heavy atom. The lowest BCUT2D eigenvalue weighted by Crippen LogP contribution is -2.17. The minimum atomic E-state index is -0.334. The standard InChI is InChI=1S/C13H11N3O2S/c1-2-16-7-14-9-4-3-8(5-10(9)16)6-11-12(17)15-13(18)19-11/h3-7H,2H2,1H3,(H,15,17,18)/b11-6+. The number of amides is 2. The molecule has 0 aliphatic carbocycles. The van der Waals surface area contributed by atoms with Gasteiger partial charge >= 0.3 is 0 Å². The second-order valence-electron chi connectivity index (χ2n) is 4.13. The van der Waals surface area contributed by atoms with Gasteiger partial charge in [-0.25, -0.2) is 4.98 Å². The molecule has 1 aliphatic heterocycles. The zero-order valence-corrected chi connectivity index (χ0v) is 11.0. The molecule has 1 fully saturated rings. The molecule has 5 nitrogen and oxygen atoms in total. The van der Waals surface area contributed by atoms with Crippen LogP contribution in [-0.4, -0.2) is 20.7 Å². The quantitative estimate of drug-likeness (QED) is 0.853. The van der Waals surface area contributed by atoms with Gasteiger partial charge < -0.3 is 4.57 Å². The highest BCUT2D eigenvalue weighted by Crippen LogP contribution is 2.26. The van der Waals surface area contributed by atoms with Crippen molar-refractivity contribution in [2.45, 2.75) is 13.5 Å². The minimum absolute atomic E-state index is 0.323. The summed E-state index contributed by atoms with van der Waals surface area (Å²) in [7, 11) is 0. The molecule has 1 aromatic heterocycles. The van der Waals surface area contributed by atoms with E-state index in [2.05, 4.69) is 10.3 Å². The van der Waals surface area contributed by atoms with Crippen LogP contribution in [-0.2, 0) is 11.3 Å². The van der Waals surface area contributed by atoms with Crippen molar-refractivity contribution in [3.8, 4) is 0 Å². The van der Waals surface area contributed by atoms with Crippen molar-refractivity contribution in [3.63, 3.8) is 0 Å². The van der Waals surface area contributed by atoms with E-state index >= 15 is 0 Å². The number of fused-ring (bicyclic) bond motifs is 1. The van der Waals surface area contributed by atoms with E-state index in [-0.39, 0.29) is 11.1 Å². The molecule has 1 saturated heterocycles. The topological polar surface area (TPSA) is 64.0 Å². The van der Waals surface area contributed by atoms with E-state index in [1.807, 2.05) is 29.7 Å². The highest BCUT2D eigenvalue weighted by molar-refractivity contribution is 8.18. The Hall–Kier alpha value is -2.08. The normalized spacial score (nSPS) is 17.4. The Bertz CT molecular complexity index is 718. The van der Waals surface area contributed by atoms with E-state index in [4.69, 9.17) is 0 Å². The minimum Gasteiger partial charge on any atom is -0.331 e. The zero-order valence-electron chi connectivity index (χ0n) is 10.2. The van der Waals surface area contributed by atoms with Crippen LogP contribution in [0.5, 0.6) is 0 Å². The summed E-state index contributed by atoms with van der Waals surface area (Å²) in [5, 5.41) is 1.92. The van der Waals surface area contributed by atoms with Crippen LogP contribution >= 0.6 is 11.8 Å². The Morgan fingerprint density at radius 3 is 2.95 bits per heavy atom. The Morgan fingerprint density at radius 2 is 2.26 bits per heavy atom. The number of nitrogens with one attached hydrogen (secondary N) is 1. The third-order valence-corrected chi connectivity index (χ3v) is 3.74. The van der Waals surface area contributed by atoms with Gasteiger partial charge in [-0.1, -0.05) is 6.07 Å². The lowest BCUT2D eigenvalue weighted by atomic mass is 10.2. The lowest BCUT2D eigenvalue weighted by molar-refractivity contribution is -0.115. The van der Waals surface area contributed by atoms with Gasteiger partial charge in [-0.2, -0.15) is 0 Å². The molecule has 6 heteroatoms. The molecule has 0 atom stereocenters. The number of hydrogen-bond acceptors (Lipinski definition) is 4. The van der Waals surface area contributed by atoms with Crippen LogP contribution in [0.25, 0.3) is 17.1 Å². The molecular weight excluding hydrogens is 262 g/mol. The van der Waals surface area contributed by atoms with Crippen molar-refractivity contribution in [3.05, 3.63) is 35.0 Å². The van der Waals surface area contributed by atoms with E-state index in [1.165, 1.54) is 0 Å². The van der Waals surface area contributed by atoms with Gasteiger partial charge in [0.2, 0.25) is 0 Å². The van der Waals surface area contributed by atoms with E-state index < -0.39 is 0 Å². The maximum absolute atomic E-state index is 11.5. The fraction of sp³-hybridized carbons (Fsp3) is 0.154. The van der Waals surface area contributed by atoms with Crippen LogP contribution in [0.1, 0.15) is 12.5 Å². The van der Waals surface area contributed by atoms with Gasteiger partial charge in [0.15, 0.2) is 0 Å². The molecule has 0 spiro atoms. The summed E-state index contributed by atoms with van der Waals surface area (Å²) in [5.74, 6) is -0.334. The molecule has 96 valence electrons. The van der Waals surface area contributed by atoms with Crippen molar-refractivity contribution in [1.82, 2.24) is 14.9 Å². The molecule has 1 N–H and O–H groups in total. The largest absolute Gasteiger partial charge is 0.331 e. The summed E-state index contributed by atoms with van der Waals surface area (Å²) < 4.78 is 2.03. The highest BCUT2D eigenvalue weighted by Gasteiger charge is 2.24. The van der Waals surface area contributed by atoms with Crippen LogP contribution in [0.15, 0.2) is 29.4 Å². The molecule has 0 saturated carbocycles. The van der Waals surface area contributed by atoms with Crippen LogP contribution < -0.4 is 5.32 Å². The van der Waals surface area contributed by atoms with Gasteiger partial charge in [0.05, 0.1) is 22.3 Å². The number of nitrogens with zero attached hydrogens (tertiary/aromatic N) is 2. The van der Waals surface area contributed by atoms with E-state index in [1.54, 1.807) is 12.4 Å². The SMILES string of the molecule is CCn1cnc2ccc(/C=C3/SC(=O)NC3=O)cc21. The second-order valence-corrected chi connectivity index (χ2v) is 5.15. The number of aromatic nitrogens is 2. The number of aryl methyl sites for hydroxylation is 1. The van der Waals surface area contributed by atoms with Crippen molar-refractivity contribution in [2.75, 3.05) is 0 Å². The van der Waals surface area contributed by atoms with E-state index in [0.717, 1.165) is 34.9 Å². The average molecular weight is 273 g/mol. The summed E-state index contributed by atoms with van der Waals surface area (Å²) in [6, 6.07) is 5.77. The van der Waals surface area contributed by atoms with E-state index in [0.29, 0.717) is 4.91 Å². The fourth-order valence-electron chi connectivity index (χ4n) is 1.99. The molecule has 2 heterocycles. The monoisotopic (exact) mass is 273 g/mol. The van der Waals surface area contributed by atoms with E-state index in [9.17, 15) is 9.59 Å². The van der Waals surface area contributed by atoms with Gasteiger partial charge in [-0.3, -0.25) is 14.9 Å². The Kier molecular flexibility index (Phi) is 2.87. The first-order valence-corrected chi connectivity index (χ1v) is 6.69. The molecule has 1 aromatic carbocycles. The molecule has 0 radical (unpaired) electrons. The molecular formula is C13H11N3O2S. The van der Waals surface area contributed by atoms with Crippen LogP contribution in [0.4, 0.5) is 4.79 Å². The van der Waals surface area contributed by atoms with Gasteiger partial charge in [-0.15, -0.1) is 0 Å². The van der Waals surface area contributed by atoms with Crippen LogP contribution in [0.3, 0.4) is 0 Å². The number of imide groups is 1. The number of benzene rings is 1. The third-order valence-electron chi connectivity index (χ3n) is 2.93. The molecule has 0 unspecified atom stereocenters. The molecule has 3 rings (SSSR count). The molecule has 1 aliphatic rings. The van der Waals surface area contributed by atoms with Gasteiger partial charge in [0.25, 0.3) is 11.1 Å². The number of carbonyl (C=O) groups is 2. The predicted molar refractivity (Wildman–Crippen MR) is 74.5 cm³/mol. The lowest BCUT2D eigenvalue weighted by Gasteiger charge is -2.00. The highest BCUT2D eigenvalue weighted by atomic mass is 32.2. The van der Waals surface area contributed by atoms with Gasteiger partial charge in [0.1, 0.15) is 0 Å². The number of carbonyl (C=O) groups excluding carboxylic acids is 2. The summed E-state index contributed by atoms with van der Waals surface area (Å²) >= 11 is 0.925. The molecule has 2 aromatic rings. The fourth-order valence-corrected chi connectivity index (χ4v) is 2.67. The number of rotatable bonds is 2. The van der Waals surface area contributed by atoms with Gasteiger partial charge in [0, 0.05) is 6.54 Å². The summed E-state index contributed by atoms with van der Waals surface area (Å²) in [6.07, 6.45) is 3.51. The first kappa shape index (κ1) is 12.0. The summed E-state index contributed by atoms with van der Waals surface area (Å²) in [4.78, 5) is 27.3.